The van der Waals surface area contributed by atoms with E-state index in [4.69, 9.17) is 13.7 Å². The predicted molar refractivity (Wildman–Crippen MR) is 194 cm³/mol. The highest BCUT2D eigenvalue weighted by molar-refractivity contribution is 7.87. The van der Waals surface area contributed by atoms with Gasteiger partial charge in [0, 0.05) is 78.0 Å². The van der Waals surface area contributed by atoms with Gasteiger partial charge in [-0.3, -0.25) is 56.7 Å². The molecule has 3 saturated heterocycles. The second kappa shape index (κ2) is 18.9. The Morgan fingerprint density at radius 1 is 0.481 bits per heavy atom. The van der Waals surface area contributed by atoms with Crippen LogP contribution in [-0.2, 0) is 60.7 Å². The molecule has 3 heterocycles. The van der Waals surface area contributed by atoms with Crippen molar-refractivity contribution in [1.29, 1.82) is 0 Å². The van der Waals surface area contributed by atoms with Crippen molar-refractivity contribution in [2.45, 2.75) is 67.8 Å². The highest BCUT2D eigenvalue weighted by atomic mass is 32.2. The van der Waals surface area contributed by atoms with Gasteiger partial charge in [-0.05, 0) is 34.1 Å². The molecule has 6 N–H and O–H groups in total. The molecule has 3 aliphatic rings. The first-order valence-electron chi connectivity index (χ1n) is 16.4. The van der Waals surface area contributed by atoms with Crippen molar-refractivity contribution < 1.29 is 77.8 Å². The highest BCUT2D eigenvalue weighted by Crippen LogP contribution is 2.25. The van der Waals surface area contributed by atoms with Gasteiger partial charge in [0.1, 0.15) is 21.5 Å². The van der Waals surface area contributed by atoms with Crippen LogP contribution in [0.25, 0.3) is 0 Å². The Kier molecular flexibility index (Phi) is 17.2. The first-order chi connectivity index (χ1) is 24.2. The van der Waals surface area contributed by atoms with Crippen molar-refractivity contribution in [2.75, 3.05) is 83.5 Å². The van der Waals surface area contributed by atoms with Gasteiger partial charge in [-0.25, -0.2) is 0 Å². The van der Waals surface area contributed by atoms with Crippen molar-refractivity contribution in [3.8, 4) is 0 Å². The van der Waals surface area contributed by atoms with Gasteiger partial charge in [0.15, 0.2) is 0 Å². The zero-order valence-electron chi connectivity index (χ0n) is 30.1. The Hall–Kier alpha value is -0.780. The number of rotatable bonds is 15. The standard InChI is InChI=1S/C16H34N4O12S4.C8H18N2O6S2/c1-13(35(27,28)29)18-6-7-20(14(2)36(30,31)32)16(12-18)19-5-4-17(8-10-34(24,25)26)15(11-19)3-9-33(21,22)23;1-7(17(11,12)13)9-3-5-10(6-4-9)8(2)18(14,15)16/h13-16H,3-12H2,1-2H3,(H,21,22,23)(H,24,25,26)(H,27,28,29)(H,30,31,32);7-8H,3-6H2,1-2H3,(H,11,12,13)(H,14,15,16). The molecule has 0 aliphatic carbocycles. The van der Waals surface area contributed by atoms with Crippen LogP contribution in [0.15, 0.2) is 0 Å². The van der Waals surface area contributed by atoms with E-state index < -0.39 is 106 Å². The average molecular weight is 905 g/mol. The molecule has 6 unspecified atom stereocenters. The lowest BCUT2D eigenvalue weighted by Gasteiger charge is -2.52. The van der Waals surface area contributed by atoms with E-state index in [2.05, 4.69) is 0 Å². The van der Waals surface area contributed by atoms with E-state index in [1.54, 1.807) is 19.6 Å². The third-order valence-electron chi connectivity index (χ3n) is 9.91. The number of hydrogen-bond donors (Lipinski definition) is 6. The van der Waals surface area contributed by atoms with Crippen LogP contribution in [0.2, 0.25) is 0 Å². The van der Waals surface area contributed by atoms with Crippen LogP contribution in [0.5, 0.6) is 0 Å². The van der Waals surface area contributed by atoms with Crippen molar-refractivity contribution in [3.05, 3.63) is 0 Å². The summed E-state index contributed by atoms with van der Waals surface area (Å²) < 4.78 is 192. The molecule has 0 aromatic rings. The molecule has 0 saturated carbocycles. The maximum absolute atomic E-state index is 11.9. The Labute approximate surface area is 317 Å². The molecule has 24 nitrogen and oxygen atoms in total. The lowest BCUT2D eigenvalue weighted by atomic mass is 10.1. The SMILES string of the molecule is CC(N1CCN(C(C)S(=O)(=O)O)C(N2CCN(CCS(=O)(=O)O)C(CCS(=O)(=O)O)C2)C1)S(=O)(=O)O.CC(N1CCN(C(C)S(=O)(=O)O)CC1)S(=O)(=O)O. The molecule has 54 heavy (non-hydrogen) atoms. The second-order valence-corrected chi connectivity index (χ2v) is 23.3. The van der Waals surface area contributed by atoms with Crippen molar-refractivity contribution in [3.63, 3.8) is 0 Å². The van der Waals surface area contributed by atoms with Crippen LogP contribution in [0, 0.1) is 0 Å². The third kappa shape index (κ3) is 15.5. The summed E-state index contributed by atoms with van der Waals surface area (Å²) in [5.41, 5.74) is 0. The molecular weight excluding hydrogens is 853 g/mol. The monoisotopic (exact) mass is 904 g/mol. The summed E-state index contributed by atoms with van der Waals surface area (Å²) in [7, 11) is -25.9. The van der Waals surface area contributed by atoms with Gasteiger partial charge in [-0.1, -0.05) is 0 Å². The number of piperazine rings is 3. The Morgan fingerprint density at radius 3 is 1.26 bits per heavy atom. The lowest BCUT2D eigenvalue weighted by Crippen LogP contribution is -2.68. The lowest BCUT2D eigenvalue weighted by molar-refractivity contribution is -0.0617. The van der Waals surface area contributed by atoms with E-state index in [0.29, 0.717) is 26.2 Å². The maximum atomic E-state index is 11.9. The van der Waals surface area contributed by atoms with Crippen LogP contribution >= 0.6 is 0 Å². The zero-order chi connectivity index (χ0) is 41.8. The quantitative estimate of drug-likeness (QED) is 0.0873. The number of hydrogen-bond acceptors (Lipinski definition) is 18. The summed E-state index contributed by atoms with van der Waals surface area (Å²) in [5.74, 6) is -1.24. The molecule has 322 valence electrons. The molecule has 0 spiro atoms. The topological polar surface area (TPSA) is 346 Å². The van der Waals surface area contributed by atoms with Gasteiger partial charge in [0.25, 0.3) is 60.7 Å². The summed E-state index contributed by atoms with van der Waals surface area (Å²) in [5, 5.41) is -4.68. The van der Waals surface area contributed by atoms with Gasteiger partial charge in [-0.2, -0.15) is 50.5 Å². The first kappa shape index (κ1) is 49.4. The molecule has 0 amide bonds. The van der Waals surface area contributed by atoms with Crippen LogP contribution in [0.1, 0.15) is 34.1 Å². The summed E-state index contributed by atoms with van der Waals surface area (Å²) in [6.45, 7) is 6.92. The highest BCUT2D eigenvalue weighted by Gasteiger charge is 2.43. The minimum Gasteiger partial charge on any atom is -0.297 e. The average Bonchev–Trinajstić information content (AvgIpc) is 3.02. The molecule has 30 heteroatoms. The largest absolute Gasteiger partial charge is 0.297 e. The molecule has 6 atom stereocenters. The molecule has 3 aliphatic heterocycles. The van der Waals surface area contributed by atoms with Crippen LogP contribution in [0.4, 0.5) is 0 Å². The molecule has 3 fully saturated rings. The Balaban J connectivity index is 0.000000469. The fraction of sp³-hybridized carbons (Fsp3) is 1.00. The van der Waals surface area contributed by atoms with E-state index >= 15 is 0 Å². The van der Waals surface area contributed by atoms with Crippen LogP contribution < -0.4 is 0 Å². The van der Waals surface area contributed by atoms with Crippen LogP contribution in [0.3, 0.4) is 0 Å². The molecule has 0 bridgehead atoms. The van der Waals surface area contributed by atoms with E-state index in [0.717, 1.165) is 0 Å². The van der Waals surface area contributed by atoms with Gasteiger partial charge in [0.05, 0.1) is 17.7 Å². The summed E-state index contributed by atoms with van der Waals surface area (Å²) >= 11 is 0. The normalized spacial score (nSPS) is 25.7. The second-order valence-electron chi connectivity index (χ2n) is 13.3. The number of nitrogens with zero attached hydrogens (tertiary/aromatic N) is 6. The molecule has 0 radical (unpaired) electrons. The van der Waals surface area contributed by atoms with Gasteiger partial charge in [-0.15, -0.1) is 0 Å². The van der Waals surface area contributed by atoms with Gasteiger partial charge >= 0.3 is 0 Å². The molecule has 0 aromatic carbocycles. The molecule has 0 aromatic heterocycles. The Morgan fingerprint density at radius 2 is 0.870 bits per heavy atom. The van der Waals surface area contributed by atoms with E-state index in [-0.39, 0.29) is 52.2 Å². The van der Waals surface area contributed by atoms with Crippen LogP contribution in [-0.4, -0.2) is 224 Å². The Bertz CT molecular complexity index is 1880. The summed E-state index contributed by atoms with van der Waals surface area (Å²) in [6, 6.07) is -0.625. The van der Waals surface area contributed by atoms with Gasteiger partial charge < -0.3 is 0 Å². The van der Waals surface area contributed by atoms with E-state index in [9.17, 15) is 64.2 Å². The fourth-order valence-electron chi connectivity index (χ4n) is 6.35. The summed E-state index contributed by atoms with van der Waals surface area (Å²) in [4.78, 5) is 9.36. The minimum absolute atomic E-state index is 0.0180. The van der Waals surface area contributed by atoms with Crippen molar-refractivity contribution in [1.82, 2.24) is 29.4 Å². The van der Waals surface area contributed by atoms with Crippen molar-refractivity contribution in [2.24, 2.45) is 0 Å². The maximum Gasteiger partial charge on any atom is 0.281 e. The molecule has 3 rings (SSSR count). The van der Waals surface area contributed by atoms with Gasteiger partial charge in [0.2, 0.25) is 0 Å². The van der Waals surface area contributed by atoms with Crippen molar-refractivity contribution >= 4 is 60.7 Å². The third-order valence-corrected chi connectivity index (χ3v) is 16.0. The first-order valence-corrected chi connectivity index (χ1v) is 25.7. The van der Waals surface area contributed by atoms with E-state index in [1.165, 1.54) is 37.5 Å². The fourth-order valence-corrected chi connectivity index (χ4v) is 9.72. The zero-order valence-corrected chi connectivity index (χ0v) is 35.0. The predicted octanol–water partition coefficient (Wildman–Crippen LogP) is -3.38. The smallest absolute Gasteiger partial charge is 0.281 e. The minimum atomic E-state index is -4.52. The van der Waals surface area contributed by atoms with E-state index in [1.807, 2.05) is 0 Å². The molecular formula is C24H52N6O18S6. The summed E-state index contributed by atoms with van der Waals surface area (Å²) in [6.07, 6.45) is -0.885.